The number of alkyl halides is 3. The van der Waals surface area contributed by atoms with Crippen LogP contribution in [0.15, 0.2) is 48.5 Å². The molecule has 3 aromatic rings. The first-order valence-corrected chi connectivity index (χ1v) is 11.1. The second-order valence-corrected chi connectivity index (χ2v) is 8.62. The van der Waals surface area contributed by atoms with Crippen LogP contribution in [0.5, 0.6) is 0 Å². The zero-order valence-corrected chi connectivity index (χ0v) is 19.0. The minimum atomic E-state index is -4.54. The lowest BCUT2D eigenvalue weighted by Gasteiger charge is -2.30. The molecule has 1 aliphatic carbocycles. The van der Waals surface area contributed by atoms with Crippen molar-refractivity contribution in [1.29, 1.82) is 0 Å². The molecule has 1 aromatic heterocycles. The molecule has 0 bridgehead atoms. The summed E-state index contributed by atoms with van der Waals surface area (Å²) < 4.78 is 39.4. The average Bonchev–Trinajstić information content (AvgIpc) is 2.79. The first-order valence-electron chi connectivity index (χ1n) is 11.1. The number of hydrogen-bond acceptors (Lipinski definition) is 5. The minimum absolute atomic E-state index is 0.119. The number of hydrogen-bond donors (Lipinski definition) is 3. The molecule has 0 atom stereocenters. The van der Waals surface area contributed by atoms with Crippen LogP contribution < -0.4 is 20.9 Å². The summed E-state index contributed by atoms with van der Waals surface area (Å²) in [6.45, 7) is 0. The van der Waals surface area contributed by atoms with Gasteiger partial charge in [-0.25, -0.2) is 9.78 Å². The Morgan fingerprint density at radius 1 is 0.941 bits per heavy atom. The van der Waals surface area contributed by atoms with Crippen LogP contribution >= 0.6 is 0 Å². The van der Waals surface area contributed by atoms with Crippen molar-refractivity contribution in [3.8, 4) is 0 Å². The van der Waals surface area contributed by atoms with Crippen molar-refractivity contribution >= 4 is 34.4 Å². The fraction of sp³-hybridized carbons (Fsp3) is 0.375. The van der Waals surface area contributed by atoms with Gasteiger partial charge in [-0.3, -0.25) is 0 Å². The standard InChI is InChI=1S/C24H27F3N6O/c1-33(2)21-17-7-3-5-9-19(17)30-22(32-21)28-15-11-13-16(14-12-15)29-23(34)31-20-10-6-4-8-18(20)24(25,26)27/h3-10,15-16H,11-14H2,1-2H3,(H,28,30,32)(H2,29,31,34). The number of halogens is 3. The van der Waals surface area contributed by atoms with Crippen LogP contribution in [0.3, 0.4) is 0 Å². The van der Waals surface area contributed by atoms with E-state index in [0.29, 0.717) is 18.8 Å². The Balaban J connectivity index is 1.33. The number of benzene rings is 2. The van der Waals surface area contributed by atoms with Gasteiger partial charge in [-0.2, -0.15) is 18.2 Å². The van der Waals surface area contributed by atoms with Crippen LogP contribution in [-0.2, 0) is 6.18 Å². The zero-order chi connectivity index (χ0) is 24.3. The van der Waals surface area contributed by atoms with Gasteiger partial charge in [0, 0.05) is 31.6 Å². The van der Waals surface area contributed by atoms with Crippen molar-refractivity contribution in [3.63, 3.8) is 0 Å². The Kier molecular flexibility index (Phi) is 6.76. The molecule has 0 aliphatic heterocycles. The van der Waals surface area contributed by atoms with Gasteiger partial charge in [0.15, 0.2) is 0 Å². The van der Waals surface area contributed by atoms with Gasteiger partial charge in [0.1, 0.15) is 5.82 Å². The van der Waals surface area contributed by atoms with Crippen molar-refractivity contribution in [2.75, 3.05) is 29.6 Å². The average molecular weight is 473 g/mol. The monoisotopic (exact) mass is 472 g/mol. The third-order valence-corrected chi connectivity index (χ3v) is 5.88. The molecule has 2 aromatic carbocycles. The predicted octanol–water partition coefficient (Wildman–Crippen LogP) is 5.26. The van der Waals surface area contributed by atoms with E-state index in [2.05, 4.69) is 25.9 Å². The zero-order valence-electron chi connectivity index (χ0n) is 19.0. The van der Waals surface area contributed by atoms with E-state index in [1.165, 1.54) is 18.2 Å². The highest BCUT2D eigenvalue weighted by atomic mass is 19.4. The summed E-state index contributed by atoms with van der Waals surface area (Å²) in [6.07, 6.45) is -1.60. The molecule has 180 valence electrons. The maximum Gasteiger partial charge on any atom is 0.418 e. The summed E-state index contributed by atoms with van der Waals surface area (Å²) in [5, 5.41) is 9.51. The molecule has 0 radical (unpaired) electrons. The molecule has 1 fully saturated rings. The van der Waals surface area contributed by atoms with Crippen molar-refractivity contribution in [1.82, 2.24) is 15.3 Å². The van der Waals surface area contributed by atoms with Crippen molar-refractivity contribution in [3.05, 3.63) is 54.1 Å². The molecule has 1 saturated carbocycles. The number of rotatable bonds is 5. The van der Waals surface area contributed by atoms with E-state index in [4.69, 9.17) is 0 Å². The third-order valence-electron chi connectivity index (χ3n) is 5.88. The number of carbonyl (C=O) groups excluding carboxylic acids is 1. The number of anilines is 3. The van der Waals surface area contributed by atoms with Gasteiger partial charge in [0.25, 0.3) is 0 Å². The first kappa shape index (κ1) is 23.6. The van der Waals surface area contributed by atoms with Crippen molar-refractivity contribution in [2.45, 2.75) is 43.9 Å². The Morgan fingerprint density at radius 2 is 1.59 bits per heavy atom. The smallest absolute Gasteiger partial charge is 0.362 e. The second-order valence-electron chi connectivity index (χ2n) is 8.62. The molecule has 4 rings (SSSR count). The summed E-state index contributed by atoms with van der Waals surface area (Å²) in [6, 6.07) is 12.2. The third kappa shape index (κ3) is 5.49. The lowest BCUT2D eigenvalue weighted by atomic mass is 9.91. The van der Waals surface area contributed by atoms with Crippen LogP contribution in [0, 0.1) is 0 Å². The van der Waals surface area contributed by atoms with E-state index in [9.17, 15) is 18.0 Å². The van der Waals surface area contributed by atoms with Gasteiger partial charge >= 0.3 is 12.2 Å². The Hall–Kier alpha value is -3.56. The molecule has 3 N–H and O–H groups in total. The Bertz CT molecular complexity index is 1160. The second kappa shape index (κ2) is 9.74. The number of carbonyl (C=O) groups is 1. The normalized spacial score (nSPS) is 18.4. The molecule has 1 heterocycles. The van der Waals surface area contributed by atoms with Crippen LogP contribution in [0.25, 0.3) is 10.9 Å². The highest BCUT2D eigenvalue weighted by Gasteiger charge is 2.33. The van der Waals surface area contributed by atoms with Crippen LogP contribution in [-0.4, -0.2) is 42.2 Å². The van der Waals surface area contributed by atoms with Gasteiger partial charge in [0.05, 0.1) is 16.8 Å². The molecule has 0 spiro atoms. The molecular weight excluding hydrogens is 445 g/mol. The van der Waals surface area contributed by atoms with E-state index >= 15 is 0 Å². The summed E-state index contributed by atoms with van der Waals surface area (Å²) >= 11 is 0. The SMILES string of the molecule is CN(C)c1nc(NC2CCC(NC(=O)Nc3ccccc3C(F)(F)F)CC2)nc2ccccc12. The fourth-order valence-electron chi connectivity index (χ4n) is 4.21. The first-order chi connectivity index (χ1) is 16.2. The number of fused-ring (bicyclic) bond motifs is 1. The molecule has 2 amide bonds. The van der Waals surface area contributed by atoms with Crippen LogP contribution in [0.2, 0.25) is 0 Å². The predicted molar refractivity (Wildman–Crippen MR) is 127 cm³/mol. The summed E-state index contributed by atoms with van der Waals surface area (Å²) in [5.74, 6) is 1.39. The van der Waals surface area contributed by atoms with Gasteiger partial charge < -0.3 is 20.9 Å². The van der Waals surface area contributed by atoms with E-state index in [1.54, 1.807) is 0 Å². The molecule has 7 nitrogen and oxygen atoms in total. The summed E-state index contributed by atoms with van der Waals surface area (Å²) in [4.78, 5) is 23.6. The van der Waals surface area contributed by atoms with Gasteiger partial charge in [0.2, 0.25) is 5.95 Å². The maximum absolute atomic E-state index is 13.1. The topological polar surface area (TPSA) is 82.2 Å². The van der Waals surface area contributed by atoms with Crippen molar-refractivity contribution < 1.29 is 18.0 Å². The number of aromatic nitrogens is 2. The van der Waals surface area contributed by atoms with Crippen molar-refractivity contribution in [2.24, 2.45) is 0 Å². The summed E-state index contributed by atoms with van der Waals surface area (Å²) in [7, 11) is 3.88. The Morgan fingerprint density at radius 3 is 2.29 bits per heavy atom. The minimum Gasteiger partial charge on any atom is -0.362 e. The van der Waals surface area contributed by atoms with E-state index < -0.39 is 17.8 Å². The van der Waals surface area contributed by atoms with Gasteiger partial charge in [-0.1, -0.05) is 24.3 Å². The van der Waals surface area contributed by atoms with Crippen LogP contribution in [0.4, 0.5) is 35.4 Å². The fourth-order valence-corrected chi connectivity index (χ4v) is 4.21. The van der Waals surface area contributed by atoms with E-state index in [0.717, 1.165) is 35.6 Å². The van der Waals surface area contributed by atoms with Gasteiger partial charge in [-0.15, -0.1) is 0 Å². The van der Waals surface area contributed by atoms with Gasteiger partial charge in [-0.05, 0) is 49.9 Å². The molecular formula is C24H27F3N6O. The maximum atomic E-state index is 13.1. The molecule has 0 unspecified atom stereocenters. The molecule has 34 heavy (non-hydrogen) atoms. The quantitative estimate of drug-likeness (QED) is 0.472. The van der Waals surface area contributed by atoms with E-state index in [1.807, 2.05) is 43.3 Å². The molecule has 0 saturated heterocycles. The lowest BCUT2D eigenvalue weighted by molar-refractivity contribution is -0.136. The lowest BCUT2D eigenvalue weighted by Crippen LogP contribution is -2.42. The van der Waals surface area contributed by atoms with E-state index in [-0.39, 0.29) is 17.8 Å². The number of para-hydroxylation sites is 2. The largest absolute Gasteiger partial charge is 0.418 e. The summed E-state index contributed by atoms with van der Waals surface area (Å²) in [5.41, 5.74) is -0.270. The molecule has 1 aliphatic rings. The number of amides is 2. The highest BCUT2D eigenvalue weighted by Crippen LogP contribution is 2.34. The Labute approximate surface area is 195 Å². The number of urea groups is 1. The number of nitrogens with zero attached hydrogens (tertiary/aromatic N) is 3. The number of nitrogens with one attached hydrogen (secondary N) is 3. The van der Waals surface area contributed by atoms with Crippen LogP contribution in [0.1, 0.15) is 31.2 Å². The molecule has 10 heteroatoms. The highest BCUT2D eigenvalue weighted by molar-refractivity contribution is 5.91.